The van der Waals surface area contributed by atoms with Crippen LogP contribution >= 0.6 is 0 Å². The zero-order valence-electron chi connectivity index (χ0n) is 24.6. The Hall–Kier alpha value is -3.11. The molecular formula is C33H40F2N6O2. The number of hydrogen-bond donors (Lipinski definition) is 2. The van der Waals surface area contributed by atoms with Gasteiger partial charge in [-0.15, -0.1) is 0 Å². The first-order valence-corrected chi connectivity index (χ1v) is 16.1. The average molecular weight is 591 g/mol. The van der Waals surface area contributed by atoms with Crippen LogP contribution in [0.2, 0.25) is 0 Å². The Labute approximate surface area is 251 Å². The number of fused-ring (bicyclic) bond motifs is 3. The summed E-state index contributed by atoms with van der Waals surface area (Å²) in [5.74, 6) is -0.690. The van der Waals surface area contributed by atoms with Crippen LogP contribution in [0.25, 0.3) is 11.8 Å². The molecule has 8 nitrogen and oxygen atoms in total. The van der Waals surface area contributed by atoms with Gasteiger partial charge in [0.2, 0.25) is 5.91 Å². The molecule has 6 aliphatic heterocycles. The molecule has 1 aromatic rings. The SMILES string of the molecule is O=C1CC2(CCCN(C3N=C(OCC45CCCN4CCC5)N=C4C(F)=C(c5cccc6c5C(F)CC=C6)NCC43)C2)CN1. The van der Waals surface area contributed by atoms with E-state index in [1.165, 1.54) is 0 Å². The van der Waals surface area contributed by atoms with Crippen LogP contribution in [-0.2, 0) is 9.53 Å². The number of amidine groups is 1. The summed E-state index contributed by atoms with van der Waals surface area (Å²) in [4.78, 5) is 26.9. The Morgan fingerprint density at radius 1 is 1.09 bits per heavy atom. The van der Waals surface area contributed by atoms with Crippen LogP contribution in [0.5, 0.6) is 0 Å². The molecule has 0 bridgehead atoms. The van der Waals surface area contributed by atoms with Gasteiger partial charge in [-0.05, 0) is 57.2 Å². The van der Waals surface area contributed by atoms with Crippen molar-refractivity contribution in [3.8, 4) is 0 Å². The number of amides is 1. The van der Waals surface area contributed by atoms with E-state index in [-0.39, 0.29) is 41.4 Å². The molecule has 0 aromatic heterocycles. The normalized spacial score (nSPS) is 33.4. The van der Waals surface area contributed by atoms with Crippen molar-refractivity contribution in [3.63, 3.8) is 0 Å². The third kappa shape index (κ3) is 4.63. The van der Waals surface area contributed by atoms with Crippen LogP contribution in [0, 0.1) is 11.3 Å². The Kier molecular flexibility index (Phi) is 6.71. The molecule has 2 N–H and O–H groups in total. The van der Waals surface area contributed by atoms with Crippen molar-refractivity contribution < 1.29 is 18.3 Å². The van der Waals surface area contributed by atoms with Crippen molar-refractivity contribution in [2.24, 2.45) is 21.3 Å². The molecular weight excluding hydrogens is 550 g/mol. The maximum atomic E-state index is 16.7. The second kappa shape index (κ2) is 10.5. The minimum Gasteiger partial charge on any atom is -0.462 e. The van der Waals surface area contributed by atoms with Crippen LogP contribution in [-0.4, -0.2) is 85.0 Å². The van der Waals surface area contributed by atoms with Gasteiger partial charge >= 0.3 is 6.02 Å². The summed E-state index contributed by atoms with van der Waals surface area (Å²) in [6.07, 6.45) is 9.44. The van der Waals surface area contributed by atoms with Crippen LogP contribution < -0.4 is 10.6 Å². The minimum atomic E-state index is -1.19. The number of hydrogen-bond acceptors (Lipinski definition) is 7. The van der Waals surface area contributed by atoms with E-state index in [1.54, 1.807) is 6.07 Å². The van der Waals surface area contributed by atoms with Gasteiger partial charge in [0.15, 0.2) is 5.83 Å². The zero-order chi connectivity index (χ0) is 29.2. The molecule has 228 valence electrons. The summed E-state index contributed by atoms with van der Waals surface area (Å²) < 4.78 is 38.4. The van der Waals surface area contributed by atoms with Crippen molar-refractivity contribution >= 4 is 29.4 Å². The quantitative estimate of drug-likeness (QED) is 0.545. The number of carbonyl (C=O) groups excluding carboxylic acids is 1. The number of halogens is 2. The van der Waals surface area contributed by atoms with Gasteiger partial charge in [-0.3, -0.25) is 14.6 Å². The van der Waals surface area contributed by atoms with Crippen LogP contribution in [0.3, 0.4) is 0 Å². The number of alkyl halides is 1. The summed E-state index contributed by atoms with van der Waals surface area (Å²) in [7, 11) is 0. The Morgan fingerprint density at radius 2 is 1.93 bits per heavy atom. The number of benzene rings is 1. The summed E-state index contributed by atoms with van der Waals surface area (Å²) >= 11 is 0. The Balaban J connectivity index is 1.15. The predicted molar refractivity (Wildman–Crippen MR) is 162 cm³/mol. The molecule has 1 spiro atoms. The molecule has 4 atom stereocenters. The smallest absolute Gasteiger partial charge is 0.313 e. The van der Waals surface area contributed by atoms with Crippen molar-refractivity contribution in [2.45, 2.75) is 69.2 Å². The van der Waals surface area contributed by atoms with Gasteiger partial charge in [0, 0.05) is 55.6 Å². The molecule has 8 rings (SSSR count). The van der Waals surface area contributed by atoms with Gasteiger partial charge in [0.25, 0.3) is 0 Å². The van der Waals surface area contributed by atoms with Gasteiger partial charge in [-0.1, -0.05) is 30.4 Å². The number of rotatable bonds is 4. The largest absolute Gasteiger partial charge is 0.462 e. The number of ether oxygens (including phenoxy) is 1. The second-order valence-electron chi connectivity index (χ2n) is 13.6. The van der Waals surface area contributed by atoms with Crippen molar-refractivity contribution in [2.75, 3.05) is 45.9 Å². The first-order valence-electron chi connectivity index (χ1n) is 16.1. The molecule has 7 aliphatic rings. The van der Waals surface area contributed by atoms with E-state index in [0.29, 0.717) is 48.7 Å². The molecule has 4 saturated heterocycles. The number of carbonyl (C=O) groups is 1. The van der Waals surface area contributed by atoms with Gasteiger partial charge in [-0.25, -0.2) is 13.8 Å². The highest BCUT2D eigenvalue weighted by Gasteiger charge is 2.49. The lowest BCUT2D eigenvalue weighted by Crippen LogP contribution is -2.56. The predicted octanol–water partition coefficient (Wildman–Crippen LogP) is 4.36. The van der Waals surface area contributed by atoms with Crippen molar-refractivity contribution in [1.29, 1.82) is 0 Å². The minimum absolute atomic E-state index is 0.0144. The summed E-state index contributed by atoms with van der Waals surface area (Å²) in [6.45, 7) is 5.32. The lowest BCUT2D eigenvalue weighted by atomic mass is 9.78. The lowest BCUT2D eigenvalue weighted by Gasteiger charge is -2.45. The standard InChI is InChI=1S/C33H40F2N6O2/c34-24-9-2-7-21-6-1-8-22(26(21)24)28-27(35)29-23(17-36-28)30(40-13-3-10-32(19-40)16-25(42)37-18-32)39-31(38-29)43-20-33-11-4-14-41(33)15-5-12-33/h1-2,6-8,23-24,30,36H,3-5,9-20H2,(H,37,42). The van der Waals surface area contributed by atoms with Gasteiger partial charge < -0.3 is 15.4 Å². The van der Waals surface area contributed by atoms with E-state index in [0.717, 1.165) is 70.3 Å². The number of aliphatic imine (C=N–C) groups is 2. The van der Waals surface area contributed by atoms with Crippen LogP contribution in [0.1, 0.15) is 74.2 Å². The molecule has 10 heteroatoms. The zero-order valence-corrected chi connectivity index (χ0v) is 24.6. The fourth-order valence-corrected chi connectivity index (χ4v) is 8.91. The van der Waals surface area contributed by atoms with Crippen LogP contribution in [0.15, 0.2) is 40.1 Å². The number of piperidine rings is 1. The topological polar surface area (TPSA) is 81.6 Å². The van der Waals surface area contributed by atoms with E-state index in [2.05, 4.69) is 20.4 Å². The third-order valence-electron chi connectivity index (χ3n) is 11.0. The molecule has 0 saturated carbocycles. The van der Waals surface area contributed by atoms with Crippen molar-refractivity contribution in [1.82, 2.24) is 20.4 Å². The summed E-state index contributed by atoms with van der Waals surface area (Å²) in [6, 6.07) is 5.76. The average Bonchev–Trinajstić information content (AvgIpc) is 3.70. The van der Waals surface area contributed by atoms with E-state index < -0.39 is 12.0 Å². The van der Waals surface area contributed by atoms with E-state index in [4.69, 9.17) is 14.7 Å². The van der Waals surface area contributed by atoms with E-state index in [1.807, 2.05) is 24.3 Å². The number of likely N-dealkylation sites (tertiary alicyclic amines) is 1. The first-order chi connectivity index (χ1) is 20.9. The molecule has 0 radical (unpaired) electrons. The molecule has 1 amide bonds. The number of nitrogens with zero attached hydrogens (tertiary/aromatic N) is 4. The molecule has 1 aliphatic carbocycles. The number of nitrogens with one attached hydrogen (secondary N) is 2. The lowest BCUT2D eigenvalue weighted by molar-refractivity contribution is -0.120. The summed E-state index contributed by atoms with van der Waals surface area (Å²) in [5.41, 5.74) is 2.37. The van der Waals surface area contributed by atoms with Crippen LogP contribution in [0.4, 0.5) is 8.78 Å². The number of allylic oxidation sites excluding steroid dienone is 2. The Morgan fingerprint density at radius 3 is 2.74 bits per heavy atom. The molecule has 6 heterocycles. The molecule has 1 aromatic carbocycles. The first kappa shape index (κ1) is 27.4. The highest BCUT2D eigenvalue weighted by atomic mass is 19.1. The van der Waals surface area contributed by atoms with Gasteiger partial charge in [-0.2, -0.15) is 4.99 Å². The highest BCUT2D eigenvalue weighted by Crippen LogP contribution is 2.43. The molecule has 4 unspecified atom stereocenters. The monoisotopic (exact) mass is 590 g/mol. The Bertz CT molecular complexity index is 1440. The van der Waals surface area contributed by atoms with E-state index in [9.17, 15) is 4.79 Å². The highest BCUT2D eigenvalue weighted by molar-refractivity contribution is 6.12. The molecule has 43 heavy (non-hydrogen) atoms. The van der Waals surface area contributed by atoms with Crippen molar-refractivity contribution in [3.05, 3.63) is 46.8 Å². The fraction of sp³-hybridized carbons (Fsp3) is 0.606. The fourth-order valence-electron chi connectivity index (χ4n) is 8.91. The van der Waals surface area contributed by atoms with E-state index >= 15 is 8.78 Å². The molecule has 4 fully saturated rings. The second-order valence-corrected chi connectivity index (χ2v) is 13.6. The maximum Gasteiger partial charge on any atom is 0.313 e. The third-order valence-corrected chi connectivity index (χ3v) is 11.0. The summed E-state index contributed by atoms with van der Waals surface area (Å²) in [5, 5.41) is 6.37. The maximum absolute atomic E-state index is 16.7. The van der Waals surface area contributed by atoms with Gasteiger partial charge in [0.05, 0.1) is 22.9 Å². The van der Waals surface area contributed by atoms with Gasteiger partial charge in [0.1, 0.15) is 18.9 Å².